The van der Waals surface area contributed by atoms with Crippen LogP contribution in [-0.2, 0) is 6.54 Å². The molecule has 0 spiro atoms. The van der Waals surface area contributed by atoms with Gasteiger partial charge in [-0.05, 0) is 25.2 Å². The molecule has 4 heteroatoms. The lowest BCUT2D eigenvalue weighted by molar-refractivity contribution is 0.448. The van der Waals surface area contributed by atoms with E-state index in [0.717, 1.165) is 19.4 Å². The Morgan fingerprint density at radius 2 is 2.19 bits per heavy atom. The molecule has 1 atom stereocenters. The van der Waals surface area contributed by atoms with Crippen LogP contribution < -0.4 is 11.3 Å². The predicted molar refractivity (Wildman–Crippen MR) is 66.7 cm³/mol. The number of nitrogens with two attached hydrogens (primary N) is 1. The Balaban J connectivity index is 2.56. The summed E-state index contributed by atoms with van der Waals surface area (Å²) in [7, 11) is 0. The van der Waals surface area contributed by atoms with E-state index in [1.54, 1.807) is 0 Å². The number of hydrogen-bond acceptors (Lipinski definition) is 3. The van der Waals surface area contributed by atoms with Crippen LogP contribution in [0.2, 0.25) is 0 Å². The van der Waals surface area contributed by atoms with Crippen LogP contribution in [-0.4, -0.2) is 9.78 Å². The fourth-order valence-electron chi connectivity index (χ4n) is 1.76. The zero-order valence-electron chi connectivity index (χ0n) is 10.6. The van der Waals surface area contributed by atoms with Crippen LogP contribution in [0.5, 0.6) is 0 Å². The topological polar surface area (TPSA) is 55.9 Å². The molecule has 1 aromatic heterocycles. The lowest BCUT2D eigenvalue weighted by Crippen LogP contribution is -2.28. The zero-order valence-corrected chi connectivity index (χ0v) is 10.6. The van der Waals surface area contributed by atoms with E-state index >= 15 is 0 Å². The Morgan fingerprint density at radius 1 is 1.44 bits per heavy atom. The van der Waals surface area contributed by atoms with Gasteiger partial charge in [-0.3, -0.25) is 16.0 Å². The molecule has 3 N–H and O–H groups in total. The molecule has 0 radical (unpaired) electrons. The molecule has 92 valence electrons. The van der Waals surface area contributed by atoms with E-state index in [0.29, 0.717) is 5.92 Å². The van der Waals surface area contributed by atoms with E-state index in [1.807, 2.05) is 10.9 Å². The third-order valence-electron chi connectivity index (χ3n) is 2.74. The maximum absolute atomic E-state index is 5.59. The van der Waals surface area contributed by atoms with Crippen LogP contribution >= 0.6 is 0 Å². The summed E-state index contributed by atoms with van der Waals surface area (Å²) >= 11 is 0. The van der Waals surface area contributed by atoms with Gasteiger partial charge in [-0.1, -0.05) is 20.8 Å². The smallest absolute Gasteiger partial charge is 0.0538 e. The fraction of sp³-hybridized carbons (Fsp3) is 0.750. The molecule has 0 aliphatic carbocycles. The molecule has 0 saturated heterocycles. The highest BCUT2D eigenvalue weighted by atomic mass is 15.3. The minimum Gasteiger partial charge on any atom is -0.272 e. The van der Waals surface area contributed by atoms with Gasteiger partial charge in [0, 0.05) is 24.3 Å². The van der Waals surface area contributed by atoms with Gasteiger partial charge < -0.3 is 0 Å². The van der Waals surface area contributed by atoms with E-state index in [-0.39, 0.29) is 6.04 Å². The van der Waals surface area contributed by atoms with Crippen molar-refractivity contribution in [3.8, 4) is 0 Å². The summed E-state index contributed by atoms with van der Waals surface area (Å²) in [5.74, 6) is 6.30. The maximum atomic E-state index is 5.59. The lowest BCUT2D eigenvalue weighted by Gasteiger charge is -2.15. The minimum atomic E-state index is 0.230. The van der Waals surface area contributed by atoms with Crippen molar-refractivity contribution in [2.75, 3.05) is 0 Å². The first-order valence-corrected chi connectivity index (χ1v) is 6.15. The van der Waals surface area contributed by atoms with Gasteiger partial charge in [-0.2, -0.15) is 5.10 Å². The van der Waals surface area contributed by atoms with E-state index < -0.39 is 0 Å². The number of hydrazine groups is 1. The SMILES string of the molecule is CCCn1cc(C(CCC(C)C)NN)cn1. The molecule has 0 aliphatic heterocycles. The van der Waals surface area contributed by atoms with Gasteiger partial charge in [0.1, 0.15) is 0 Å². The molecule has 0 fully saturated rings. The van der Waals surface area contributed by atoms with Crippen molar-refractivity contribution in [3.05, 3.63) is 18.0 Å². The summed E-state index contributed by atoms with van der Waals surface area (Å²) < 4.78 is 1.98. The quantitative estimate of drug-likeness (QED) is 0.551. The molecule has 0 aromatic carbocycles. The molecule has 1 heterocycles. The van der Waals surface area contributed by atoms with Crippen LogP contribution in [0, 0.1) is 5.92 Å². The van der Waals surface area contributed by atoms with Gasteiger partial charge in [-0.25, -0.2) is 0 Å². The second kappa shape index (κ2) is 6.66. The van der Waals surface area contributed by atoms with Crippen LogP contribution in [0.4, 0.5) is 0 Å². The summed E-state index contributed by atoms with van der Waals surface area (Å²) in [6.45, 7) is 7.59. The van der Waals surface area contributed by atoms with Crippen LogP contribution in [0.25, 0.3) is 0 Å². The molecule has 16 heavy (non-hydrogen) atoms. The Labute approximate surface area is 98.2 Å². The standard InChI is InChI=1S/C12H24N4/c1-4-7-16-9-11(8-14-16)12(15-13)6-5-10(2)3/h8-10,12,15H,4-7,13H2,1-3H3. The first kappa shape index (κ1) is 13.2. The van der Waals surface area contributed by atoms with Crippen molar-refractivity contribution < 1.29 is 0 Å². The van der Waals surface area contributed by atoms with Gasteiger partial charge in [-0.15, -0.1) is 0 Å². The summed E-state index contributed by atoms with van der Waals surface area (Å²) in [5, 5.41) is 4.32. The van der Waals surface area contributed by atoms with E-state index in [4.69, 9.17) is 5.84 Å². The van der Waals surface area contributed by atoms with Crippen molar-refractivity contribution in [1.82, 2.24) is 15.2 Å². The van der Waals surface area contributed by atoms with Gasteiger partial charge in [0.05, 0.1) is 6.20 Å². The number of aryl methyl sites for hydroxylation is 1. The van der Waals surface area contributed by atoms with Gasteiger partial charge in [0.25, 0.3) is 0 Å². The first-order valence-electron chi connectivity index (χ1n) is 6.15. The Kier molecular flexibility index (Phi) is 5.49. The molecule has 1 unspecified atom stereocenters. The zero-order chi connectivity index (χ0) is 12.0. The van der Waals surface area contributed by atoms with Crippen LogP contribution in [0.1, 0.15) is 51.6 Å². The van der Waals surface area contributed by atoms with Crippen LogP contribution in [0.3, 0.4) is 0 Å². The van der Waals surface area contributed by atoms with Gasteiger partial charge >= 0.3 is 0 Å². The van der Waals surface area contributed by atoms with Crippen molar-refractivity contribution in [2.24, 2.45) is 11.8 Å². The second-order valence-electron chi connectivity index (χ2n) is 4.73. The summed E-state index contributed by atoms with van der Waals surface area (Å²) in [6, 6.07) is 0.230. The summed E-state index contributed by atoms with van der Waals surface area (Å²) in [5.41, 5.74) is 4.07. The molecule has 4 nitrogen and oxygen atoms in total. The third kappa shape index (κ3) is 3.94. The van der Waals surface area contributed by atoms with Gasteiger partial charge in [0.2, 0.25) is 0 Å². The molecule has 0 aliphatic rings. The number of rotatable bonds is 7. The Bertz CT molecular complexity index is 293. The highest BCUT2D eigenvalue weighted by molar-refractivity contribution is 5.09. The average molecular weight is 224 g/mol. The van der Waals surface area contributed by atoms with E-state index in [9.17, 15) is 0 Å². The van der Waals surface area contributed by atoms with Crippen molar-refractivity contribution in [3.63, 3.8) is 0 Å². The summed E-state index contributed by atoms with van der Waals surface area (Å²) in [4.78, 5) is 0. The number of hydrogen-bond donors (Lipinski definition) is 2. The number of aromatic nitrogens is 2. The predicted octanol–water partition coefficient (Wildman–Crippen LogP) is 2.23. The largest absolute Gasteiger partial charge is 0.272 e. The van der Waals surface area contributed by atoms with Crippen molar-refractivity contribution >= 4 is 0 Å². The third-order valence-corrected chi connectivity index (χ3v) is 2.74. The van der Waals surface area contributed by atoms with Crippen molar-refractivity contribution in [1.29, 1.82) is 0 Å². The highest BCUT2D eigenvalue weighted by Crippen LogP contribution is 2.19. The monoisotopic (exact) mass is 224 g/mol. The molecular weight excluding hydrogens is 200 g/mol. The average Bonchev–Trinajstić information content (AvgIpc) is 2.68. The van der Waals surface area contributed by atoms with Crippen LogP contribution in [0.15, 0.2) is 12.4 Å². The molecule has 1 rings (SSSR count). The number of nitrogens with one attached hydrogen (secondary N) is 1. The number of nitrogens with zero attached hydrogens (tertiary/aromatic N) is 2. The second-order valence-corrected chi connectivity index (χ2v) is 4.73. The van der Waals surface area contributed by atoms with E-state index in [1.165, 1.54) is 12.0 Å². The molecule has 1 aromatic rings. The molecule has 0 amide bonds. The minimum absolute atomic E-state index is 0.230. The van der Waals surface area contributed by atoms with Gasteiger partial charge in [0.15, 0.2) is 0 Å². The van der Waals surface area contributed by atoms with Crippen molar-refractivity contribution in [2.45, 2.75) is 52.6 Å². The highest BCUT2D eigenvalue weighted by Gasteiger charge is 2.12. The molecule has 0 saturated carbocycles. The summed E-state index contributed by atoms with van der Waals surface area (Å²) in [6.07, 6.45) is 7.35. The first-order chi connectivity index (χ1) is 7.67. The lowest BCUT2D eigenvalue weighted by atomic mass is 10.0. The molecular formula is C12H24N4. The molecule has 0 bridgehead atoms. The Morgan fingerprint density at radius 3 is 2.75 bits per heavy atom. The van der Waals surface area contributed by atoms with E-state index in [2.05, 4.69) is 37.5 Å². The maximum Gasteiger partial charge on any atom is 0.0538 e. The Hall–Kier alpha value is -0.870. The fourth-order valence-corrected chi connectivity index (χ4v) is 1.76. The normalized spacial score (nSPS) is 13.3.